The fourth-order valence-electron chi connectivity index (χ4n) is 2.36. The van der Waals surface area contributed by atoms with Crippen molar-refractivity contribution in [1.29, 1.82) is 0 Å². The maximum Gasteiger partial charge on any atom is 0.249 e. The van der Waals surface area contributed by atoms with Crippen LogP contribution in [0.15, 0.2) is 18.2 Å². The van der Waals surface area contributed by atoms with E-state index in [4.69, 9.17) is 0 Å². The molecule has 1 unspecified atom stereocenters. The van der Waals surface area contributed by atoms with Crippen molar-refractivity contribution in [3.8, 4) is 0 Å². The van der Waals surface area contributed by atoms with Gasteiger partial charge in [0.05, 0.1) is 0 Å². The van der Waals surface area contributed by atoms with Crippen molar-refractivity contribution in [3.05, 3.63) is 29.6 Å². The van der Waals surface area contributed by atoms with E-state index < -0.39 is 6.04 Å². The van der Waals surface area contributed by atoms with Crippen LogP contribution < -0.4 is 10.2 Å². The molecule has 0 radical (unpaired) electrons. The van der Waals surface area contributed by atoms with Crippen molar-refractivity contribution in [1.82, 2.24) is 5.32 Å². The smallest absolute Gasteiger partial charge is 0.249 e. The molecule has 1 aromatic carbocycles. The Balaban J connectivity index is 2.26. The second-order valence-corrected chi connectivity index (χ2v) is 5.48. The van der Waals surface area contributed by atoms with E-state index in [0.717, 1.165) is 5.56 Å². The Hall–Kier alpha value is -1.91. The first-order chi connectivity index (χ1) is 9.38. The zero-order valence-corrected chi connectivity index (χ0v) is 11.9. The van der Waals surface area contributed by atoms with Crippen LogP contribution in [0.25, 0.3) is 0 Å². The molecule has 1 fully saturated rings. The Morgan fingerprint density at radius 3 is 2.60 bits per heavy atom. The molecule has 0 saturated carbocycles. The van der Waals surface area contributed by atoms with E-state index in [0.29, 0.717) is 18.5 Å². The molecule has 20 heavy (non-hydrogen) atoms. The average molecular weight is 278 g/mol. The Labute approximate surface area is 118 Å². The summed E-state index contributed by atoms with van der Waals surface area (Å²) >= 11 is 0. The highest BCUT2D eigenvalue weighted by Gasteiger charge is 2.30. The number of imide groups is 1. The van der Waals surface area contributed by atoms with E-state index in [1.165, 1.54) is 12.1 Å². The molecule has 1 heterocycles. The van der Waals surface area contributed by atoms with Gasteiger partial charge in [-0.3, -0.25) is 14.9 Å². The third kappa shape index (κ3) is 2.98. The SMILES string of the molecule is CC(C)c1cc(F)cc(N(C)C2CCC(=O)NC2=O)c1. The summed E-state index contributed by atoms with van der Waals surface area (Å²) < 4.78 is 13.7. The maximum atomic E-state index is 13.7. The standard InChI is InChI=1S/C15H19FN2O2/c1-9(2)10-6-11(16)8-12(7-10)18(3)13-4-5-14(19)17-15(13)20/h6-9,13H,4-5H2,1-3H3,(H,17,19,20). The monoisotopic (exact) mass is 278 g/mol. The molecule has 0 bridgehead atoms. The Morgan fingerprint density at radius 2 is 2.00 bits per heavy atom. The minimum Gasteiger partial charge on any atom is -0.363 e. The fraction of sp³-hybridized carbons (Fsp3) is 0.467. The van der Waals surface area contributed by atoms with Gasteiger partial charge in [0.25, 0.3) is 0 Å². The number of anilines is 1. The molecule has 1 aromatic rings. The summed E-state index contributed by atoms with van der Waals surface area (Å²) in [4.78, 5) is 24.8. The summed E-state index contributed by atoms with van der Waals surface area (Å²) in [6.07, 6.45) is 0.766. The third-order valence-electron chi connectivity index (χ3n) is 3.66. The van der Waals surface area contributed by atoms with E-state index in [2.05, 4.69) is 5.32 Å². The molecule has 1 atom stereocenters. The van der Waals surface area contributed by atoms with Crippen LogP contribution in [0.4, 0.5) is 10.1 Å². The van der Waals surface area contributed by atoms with Crippen molar-refractivity contribution in [3.63, 3.8) is 0 Å². The Kier molecular flexibility index (Phi) is 4.06. The second kappa shape index (κ2) is 5.61. The van der Waals surface area contributed by atoms with Gasteiger partial charge >= 0.3 is 0 Å². The number of amides is 2. The van der Waals surface area contributed by atoms with Gasteiger partial charge in [0.15, 0.2) is 0 Å². The lowest BCUT2D eigenvalue weighted by Gasteiger charge is -2.31. The topological polar surface area (TPSA) is 49.4 Å². The van der Waals surface area contributed by atoms with Crippen LogP contribution in [0, 0.1) is 5.82 Å². The summed E-state index contributed by atoms with van der Waals surface area (Å²) in [5.41, 5.74) is 1.54. The summed E-state index contributed by atoms with van der Waals surface area (Å²) in [5.74, 6) is -0.675. The number of piperidine rings is 1. The molecule has 1 saturated heterocycles. The largest absolute Gasteiger partial charge is 0.363 e. The molecule has 2 rings (SSSR count). The van der Waals surface area contributed by atoms with Crippen LogP contribution in [0.2, 0.25) is 0 Å². The first-order valence-corrected chi connectivity index (χ1v) is 6.75. The Morgan fingerprint density at radius 1 is 1.30 bits per heavy atom. The molecule has 108 valence electrons. The first-order valence-electron chi connectivity index (χ1n) is 6.75. The summed E-state index contributed by atoms with van der Waals surface area (Å²) in [5, 5.41) is 2.32. The lowest BCUT2D eigenvalue weighted by molar-refractivity contribution is -0.134. The molecule has 1 N–H and O–H groups in total. The van der Waals surface area contributed by atoms with Gasteiger partial charge in [0.1, 0.15) is 11.9 Å². The minimum atomic E-state index is -0.436. The highest BCUT2D eigenvalue weighted by atomic mass is 19.1. The highest BCUT2D eigenvalue weighted by molar-refractivity contribution is 6.01. The second-order valence-electron chi connectivity index (χ2n) is 5.48. The number of halogens is 1. The predicted octanol–water partition coefficient (Wildman–Crippen LogP) is 2.19. The Bertz CT molecular complexity index is 543. The molecular formula is C15H19FN2O2. The minimum absolute atomic E-state index is 0.208. The van der Waals surface area contributed by atoms with Crippen molar-refractivity contribution in [2.75, 3.05) is 11.9 Å². The zero-order valence-electron chi connectivity index (χ0n) is 11.9. The number of nitrogens with one attached hydrogen (secondary N) is 1. The lowest BCUT2D eigenvalue weighted by Crippen LogP contribution is -2.51. The number of benzene rings is 1. The van der Waals surface area contributed by atoms with E-state index in [1.54, 1.807) is 11.9 Å². The first kappa shape index (κ1) is 14.5. The normalized spacial score (nSPS) is 19.1. The van der Waals surface area contributed by atoms with Gasteiger partial charge in [-0.2, -0.15) is 0 Å². The summed E-state index contributed by atoms with van der Waals surface area (Å²) in [6, 6.07) is 4.37. The van der Waals surface area contributed by atoms with E-state index in [1.807, 2.05) is 19.9 Å². The molecule has 2 amide bonds. The number of rotatable bonds is 3. The van der Waals surface area contributed by atoms with Crippen LogP contribution in [-0.2, 0) is 9.59 Å². The highest BCUT2D eigenvalue weighted by Crippen LogP contribution is 2.25. The van der Waals surface area contributed by atoms with Gasteiger partial charge in [-0.25, -0.2) is 4.39 Å². The molecule has 4 nitrogen and oxygen atoms in total. The molecule has 0 aromatic heterocycles. The van der Waals surface area contributed by atoms with Gasteiger partial charge in [-0.05, 0) is 36.1 Å². The van der Waals surface area contributed by atoms with Crippen molar-refractivity contribution in [2.24, 2.45) is 0 Å². The number of likely N-dealkylation sites (N-methyl/N-ethyl adjacent to an activating group) is 1. The summed E-state index contributed by atoms with van der Waals surface area (Å²) in [6.45, 7) is 3.98. The van der Waals surface area contributed by atoms with Gasteiger partial charge in [-0.15, -0.1) is 0 Å². The quantitative estimate of drug-likeness (QED) is 0.862. The van der Waals surface area contributed by atoms with Crippen LogP contribution in [0.1, 0.15) is 38.2 Å². The van der Waals surface area contributed by atoms with Crippen LogP contribution in [0.3, 0.4) is 0 Å². The number of carbonyl (C=O) groups excluding carboxylic acids is 2. The van der Waals surface area contributed by atoms with Gasteiger partial charge in [0, 0.05) is 19.2 Å². The fourth-order valence-corrected chi connectivity index (χ4v) is 2.36. The van der Waals surface area contributed by atoms with Crippen LogP contribution in [0.5, 0.6) is 0 Å². The van der Waals surface area contributed by atoms with Crippen molar-refractivity contribution in [2.45, 2.75) is 38.6 Å². The zero-order chi connectivity index (χ0) is 14.9. The van der Waals surface area contributed by atoms with E-state index in [9.17, 15) is 14.0 Å². The van der Waals surface area contributed by atoms with Crippen molar-refractivity contribution < 1.29 is 14.0 Å². The lowest BCUT2D eigenvalue weighted by atomic mass is 10.0. The van der Waals surface area contributed by atoms with Crippen LogP contribution in [-0.4, -0.2) is 24.9 Å². The molecule has 0 aliphatic carbocycles. The molecule has 1 aliphatic heterocycles. The van der Waals surface area contributed by atoms with E-state index in [-0.39, 0.29) is 23.5 Å². The number of hydrogen-bond donors (Lipinski definition) is 1. The van der Waals surface area contributed by atoms with Crippen LogP contribution >= 0.6 is 0 Å². The molecule has 5 heteroatoms. The molecule has 0 spiro atoms. The molecular weight excluding hydrogens is 259 g/mol. The van der Waals surface area contributed by atoms with Gasteiger partial charge in [-0.1, -0.05) is 13.8 Å². The number of carbonyl (C=O) groups is 2. The number of hydrogen-bond acceptors (Lipinski definition) is 3. The average Bonchev–Trinajstić information content (AvgIpc) is 2.37. The number of nitrogens with zero attached hydrogens (tertiary/aromatic N) is 1. The van der Waals surface area contributed by atoms with E-state index >= 15 is 0 Å². The summed E-state index contributed by atoms with van der Waals surface area (Å²) in [7, 11) is 1.75. The molecule has 1 aliphatic rings. The maximum absolute atomic E-state index is 13.7. The van der Waals surface area contributed by atoms with Gasteiger partial charge in [0.2, 0.25) is 11.8 Å². The van der Waals surface area contributed by atoms with Gasteiger partial charge < -0.3 is 4.90 Å². The predicted molar refractivity (Wildman–Crippen MR) is 75.1 cm³/mol. The van der Waals surface area contributed by atoms with Crippen molar-refractivity contribution >= 4 is 17.5 Å². The third-order valence-corrected chi connectivity index (χ3v) is 3.66.